The second-order valence-corrected chi connectivity index (χ2v) is 4.72. The van der Waals surface area contributed by atoms with Gasteiger partial charge in [-0.3, -0.25) is 4.79 Å². The summed E-state index contributed by atoms with van der Waals surface area (Å²) >= 11 is 0. The molecule has 1 N–H and O–H groups in total. The molecule has 0 bridgehead atoms. The van der Waals surface area contributed by atoms with Gasteiger partial charge in [-0.15, -0.1) is 0 Å². The highest BCUT2D eigenvalue weighted by molar-refractivity contribution is 5.92. The Balaban J connectivity index is 1.61. The molecule has 1 amide bonds. The summed E-state index contributed by atoms with van der Waals surface area (Å²) in [7, 11) is 0. The van der Waals surface area contributed by atoms with E-state index in [-0.39, 0.29) is 5.91 Å². The largest absolute Gasteiger partial charge is 0.360 e. The average molecular weight is 258 g/mol. The third kappa shape index (κ3) is 2.78. The lowest BCUT2D eigenvalue weighted by molar-refractivity contribution is 0.0941. The zero-order valence-corrected chi connectivity index (χ0v) is 10.6. The number of carbonyl (C=O) groups is 1. The number of hydrogen-bond donors (Lipinski definition) is 1. The summed E-state index contributed by atoms with van der Waals surface area (Å²) in [5.74, 6) is 1.02. The van der Waals surface area contributed by atoms with Gasteiger partial charge < -0.3 is 9.84 Å². The van der Waals surface area contributed by atoms with Gasteiger partial charge in [0.05, 0.1) is 12.2 Å². The number of carbonyl (C=O) groups excluding carboxylic acids is 1. The van der Waals surface area contributed by atoms with Crippen molar-refractivity contribution in [2.45, 2.75) is 32.2 Å². The van der Waals surface area contributed by atoms with Gasteiger partial charge in [-0.05, 0) is 25.8 Å². The van der Waals surface area contributed by atoms with Crippen LogP contribution < -0.4 is 5.32 Å². The van der Waals surface area contributed by atoms with E-state index in [1.807, 2.05) is 13.0 Å². The van der Waals surface area contributed by atoms with Crippen LogP contribution in [-0.4, -0.2) is 21.0 Å². The summed E-state index contributed by atoms with van der Waals surface area (Å²) in [5, 5.41) is 6.55. The molecular weight excluding hydrogens is 244 g/mol. The fourth-order valence-electron chi connectivity index (χ4n) is 1.82. The molecule has 1 saturated carbocycles. The van der Waals surface area contributed by atoms with Crippen LogP contribution >= 0.6 is 0 Å². The van der Waals surface area contributed by atoms with Gasteiger partial charge in [0.25, 0.3) is 5.91 Å². The number of amides is 1. The Morgan fingerprint density at radius 3 is 3.00 bits per heavy atom. The van der Waals surface area contributed by atoms with E-state index in [4.69, 9.17) is 4.52 Å². The molecule has 0 radical (unpaired) electrons. The van der Waals surface area contributed by atoms with Crippen LogP contribution in [0.1, 0.15) is 46.4 Å². The lowest BCUT2D eigenvalue weighted by Gasteiger charge is -2.02. The topological polar surface area (TPSA) is 80.9 Å². The van der Waals surface area contributed by atoms with Gasteiger partial charge in [-0.2, -0.15) is 0 Å². The summed E-state index contributed by atoms with van der Waals surface area (Å²) < 4.78 is 5.14. The third-order valence-corrected chi connectivity index (χ3v) is 3.03. The molecule has 0 aromatic carbocycles. The number of rotatable bonds is 4. The third-order valence-electron chi connectivity index (χ3n) is 3.03. The number of aromatic nitrogens is 3. The van der Waals surface area contributed by atoms with Crippen molar-refractivity contribution in [1.29, 1.82) is 0 Å². The molecule has 19 heavy (non-hydrogen) atoms. The fourth-order valence-corrected chi connectivity index (χ4v) is 1.82. The molecule has 6 heteroatoms. The SMILES string of the molecule is Cc1cc(CNC(=O)c2cc(C3CC3)on2)ncn1. The van der Waals surface area contributed by atoms with E-state index in [0.29, 0.717) is 18.2 Å². The van der Waals surface area contributed by atoms with Crippen molar-refractivity contribution >= 4 is 5.91 Å². The highest BCUT2D eigenvalue weighted by atomic mass is 16.5. The molecule has 1 fully saturated rings. The van der Waals surface area contributed by atoms with Crippen LogP contribution in [0.5, 0.6) is 0 Å². The summed E-state index contributed by atoms with van der Waals surface area (Å²) in [4.78, 5) is 20.0. The zero-order valence-electron chi connectivity index (χ0n) is 10.6. The number of hydrogen-bond acceptors (Lipinski definition) is 5. The number of nitrogens with zero attached hydrogens (tertiary/aromatic N) is 3. The van der Waals surface area contributed by atoms with E-state index in [9.17, 15) is 4.79 Å². The first-order valence-corrected chi connectivity index (χ1v) is 6.25. The monoisotopic (exact) mass is 258 g/mol. The van der Waals surface area contributed by atoms with E-state index >= 15 is 0 Å². The van der Waals surface area contributed by atoms with Gasteiger partial charge in [-0.1, -0.05) is 5.16 Å². The molecule has 2 aromatic rings. The van der Waals surface area contributed by atoms with E-state index in [1.165, 1.54) is 6.33 Å². The van der Waals surface area contributed by atoms with E-state index < -0.39 is 0 Å². The molecule has 0 saturated heterocycles. The van der Waals surface area contributed by atoms with E-state index in [2.05, 4.69) is 20.4 Å². The van der Waals surface area contributed by atoms with Crippen molar-refractivity contribution in [3.63, 3.8) is 0 Å². The molecule has 6 nitrogen and oxygen atoms in total. The summed E-state index contributed by atoms with van der Waals surface area (Å²) in [6.07, 6.45) is 3.73. The molecule has 1 aliphatic carbocycles. The van der Waals surface area contributed by atoms with Crippen molar-refractivity contribution < 1.29 is 9.32 Å². The van der Waals surface area contributed by atoms with Crippen molar-refractivity contribution in [3.8, 4) is 0 Å². The fraction of sp³-hybridized carbons (Fsp3) is 0.385. The van der Waals surface area contributed by atoms with Crippen molar-refractivity contribution in [2.24, 2.45) is 0 Å². The summed E-state index contributed by atoms with van der Waals surface area (Å²) in [6, 6.07) is 3.55. The summed E-state index contributed by atoms with van der Waals surface area (Å²) in [5.41, 5.74) is 1.97. The lowest BCUT2D eigenvalue weighted by atomic mass is 10.2. The number of nitrogens with one attached hydrogen (secondary N) is 1. The quantitative estimate of drug-likeness (QED) is 0.900. The van der Waals surface area contributed by atoms with Crippen molar-refractivity contribution in [2.75, 3.05) is 0 Å². The average Bonchev–Trinajstić information content (AvgIpc) is 3.14. The highest BCUT2D eigenvalue weighted by Crippen LogP contribution is 2.40. The highest BCUT2D eigenvalue weighted by Gasteiger charge is 2.28. The van der Waals surface area contributed by atoms with Crippen LogP contribution in [0.25, 0.3) is 0 Å². The predicted molar refractivity (Wildman–Crippen MR) is 66.4 cm³/mol. The predicted octanol–water partition coefficient (Wildman–Crippen LogP) is 1.58. The normalized spacial score (nSPS) is 14.4. The Labute approximate surface area is 110 Å². The van der Waals surface area contributed by atoms with Crippen molar-refractivity contribution in [1.82, 2.24) is 20.4 Å². The molecule has 2 aromatic heterocycles. The zero-order chi connectivity index (χ0) is 13.2. The second-order valence-electron chi connectivity index (χ2n) is 4.72. The minimum absolute atomic E-state index is 0.244. The Kier molecular flexibility index (Phi) is 2.98. The van der Waals surface area contributed by atoms with Crippen LogP contribution in [0, 0.1) is 6.92 Å². The van der Waals surface area contributed by atoms with E-state index in [1.54, 1.807) is 6.07 Å². The molecular formula is C13H14N4O2. The first-order chi connectivity index (χ1) is 9.22. The van der Waals surface area contributed by atoms with Crippen LogP contribution in [0.15, 0.2) is 23.0 Å². The van der Waals surface area contributed by atoms with Crippen molar-refractivity contribution in [3.05, 3.63) is 41.3 Å². The maximum Gasteiger partial charge on any atom is 0.273 e. The van der Waals surface area contributed by atoms with Crippen LogP contribution in [-0.2, 0) is 6.54 Å². The smallest absolute Gasteiger partial charge is 0.273 e. The van der Waals surface area contributed by atoms with Crippen LogP contribution in [0.4, 0.5) is 0 Å². The maximum absolute atomic E-state index is 11.9. The van der Waals surface area contributed by atoms with Gasteiger partial charge in [0.1, 0.15) is 12.1 Å². The molecule has 0 unspecified atom stereocenters. The van der Waals surface area contributed by atoms with Gasteiger partial charge in [0.15, 0.2) is 5.69 Å². The first-order valence-electron chi connectivity index (χ1n) is 6.25. The minimum Gasteiger partial charge on any atom is -0.360 e. The molecule has 3 rings (SSSR count). The van der Waals surface area contributed by atoms with Gasteiger partial charge in [0.2, 0.25) is 0 Å². The van der Waals surface area contributed by atoms with Crippen LogP contribution in [0.2, 0.25) is 0 Å². The summed E-state index contributed by atoms with van der Waals surface area (Å²) in [6.45, 7) is 2.24. The number of aryl methyl sites for hydroxylation is 1. The van der Waals surface area contributed by atoms with Crippen LogP contribution in [0.3, 0.4) is 0 Å². The van der Waals surface area contributed by atoms with Gasteiger partial charge >= 0.3 is 0 Å². The molecule has 0 aliphatic heterocycles. The van der Waals surface area contributed by atoms with Gasteiger partial charge in [0, 0.05) is 17.7 Å². The minimum atomic E-state index is -0.244. The molecule has 0 spiro atoms. The Bertz CT molecular complexity index is 604. The Morgan fingerprint density at radius 1 is 1.42 bits per heavy atom. The Morgan fingerprint density at radius 2 is 2.26 bits per heavy atom. The maximum atomic E-state index is 11.9. The Hall–Kier alpha value is -2.24. The second kappa shape index (κ2) is 4.79. The molecule has 0 atom stereocenters. The molecule has 98 valence electrons. The molecule has 2 heterocycles. The van der Waals surface area contributed by atoms with Gasteiger partial charge in [-0.25, -0.2) is 9.97 Å². The van der Waals surface area contributed by atoms with E-state index in [0.717, 1.165) is 30.0 Å². The first kappa shape index (κ1) is 11.8. The standard InChI is InChI=1S/C13H14N4O2/c1-8-4-10(16-7-15-8)6-14-13(18)11-5-12(19-17-11)9-2-3-9/h4-5,7,9H,2-3,6H2,1H3,(H,14,18). The lowest BCUT2D eigenvalue weighted by Crippen LogP contribution is -2.23. The molecule has 1 aliphatic rings.